The molecule has 1 aromatic rings. The van der Waals surface area contributed by atoms with Gasteiger partial charge in [0.25, 0.3) is 0 Å². The third-order valence-corrected chi connectivity index (χ3v) is 1.60. The maximum Gasteiger partial charge on any atom is 0.189 e. The highest BCUT2D eigenvalue weighted by atomic mass is 16.5. The van der Waals surface area contributed by atoms with Gasteiger partial charge in [-0.05, 0) is 6.92 Å². The molecule has 0 aromatic heterocycles. The van der Waals surface area contributed by atoms with Gasteiger partial charge in [-0.15, -0.1) is 0 Å². The topological polar surface area (TPSA) is 9.23 Å². The summed E-state index contributed by atoms with van der Waals surface area (Å²) >= 11 is 0. The molecule has 57 valence electrons. The standard InChI is InChI=1S/C9H12BO/c1-8(11-2)10-9-6-4-3-5-7-9/h3-8H,1-2H3. The summed E-state index contributed by atoms with van der Waals surface area (Å²) in [6.45, 7) is 2.02. The molecule has 0 amide bonds. The maximum atomic E-state index is 5.10. The molecule has 1 rings (SSSR count). The lowest BCUT2D eigenvalue weighted by Gasteiger charge is -2.06. The zero-order valence-corrected chi connectivity index (χ0v) is 6.95. The van der Waals surface area contributed by atoms with Crippen molar-refractivity contribution in [3.63, 3.8) is 0 Å². The van der Waals surface area contributed by atoms with Crippen LogP contribution in [0.2, 0.25) is 0 Å². The Morgan fingerprint density at radius 2 is 1.91 bits per heavy atom. The predicted octanol–water partition coefficient (Wildman–Crippen LogP) is 1.01. The van der Waals surface area contributed by atoms with E-state index in [0.29, 0.717) is 0 Å². The summed E-state index contributed by atoms with van der Waals surface area (Å²) in [5.41, 5.74) is 1.21. The first-order valence-electron chi connectivity index (χ1n) is 3.75. The minimum Gasteiger partial charge on any atom is -0.390 e. The summed E-state index contributed by atoms with van der Waals surface area (Å²) in [5.74, 6) is 0. The summed E-state index contributed by atoms with van der Waals surface area (Å²) in [5, 5.41) is 0. The number of methoxy groups -OCH3 is 1. The van der Waals surface area contributed by atoms with E-state index in [1.807, 2.05) is 25.1 Å². The predicted molar refractivity (Wildman–Crippen MR) is 48.3 cm³/mol. The highest BCUT2D eigenvalue weighted by molar-refractivity contribution is 6.54. The largest absolute Gasteiger partial charge is 0.390 e. The van der Waals surface area contributed by atoms with Crippen molar-refractivity contribution in [1.29, 1.82) is 0 Å². The molecule has 0 fully saturated rings. The molecule has 0 saturated heterocycles. The van der Waals surface area contributed by atoms with Gasteiger partial charge in [0.1, 0.15) is 0 Å². The average Bonchev–Trinajstić information content (AvgIpc) is 2.06. The van der Waals surface area contributed by atoms with Crippen LogP contribution in [0.15, 0.2) is 30.3 Å². The molecular formula is C9H12BO. The smallest absolute Gasteiger partial charge is 0.189 e. The van der Waals surface area contributed by atoms with Gasteiger partial charge in [-0.1, -0.05) is 35.8 Å². The Kier molecular flexibility index (Phi) is 3.18. The third kappa shape index (κ3) is 2.77. The van der Waals surface area contributed by atoms with Crippen molar-refractivity contribution in [1.82, 2.24) is 0 Å². The zero-order valence-electron chi connectivity index (χ0n) is 6.95. The van der Waals surface area contributed by atoms with Crippen LogP contribution in [-0.2, 0) is 4.74 Å². The first kappa shape index (κ1) is 8.34. The molecule has 11 heavy (non-hydrogen) atoms. The summed E-state index contributed by atoms with van der Waals surface area (Å²) in [6, 6.07) is 10.4. The minimum atomic E-state index is 0.192. The van der Waals surface area contributed by atoms with Crippen molar-refractivity contribution in [2.45, 2.75) is 12.9 Å². The Morgan fingerprint density at radius 3 is 2.45 bits per heavy atom. The summed E-state index contributed by atoms with van der Waals surface area (Å²) in [7, 11) is 3.80. The van der Waals surface area contributed by atoms with E-state index in [9.17, 15) is 0 Å². The van der Waals surface area contributed by atoms with Gasteiger partial charge in [0.15, 0.2) is 7.28 Å². The SMILES string of the molecule is COC(C)[B]c1ccccc1. The van der Waals surface area contributed by atoms with Gasteiger partial charge < -0.3 is 4.74 Å². The van der Waals surface area contributed by atoms with Gasteiger partial charge in [-0.25, -0.2) is 0 Å². The Labute approximate surface area is 68.6 Å². The molecule has 1 radical (unpaired) electrons. The first-order valence-corrected chi connectivity index (χ1v) is 3.75. The van der Waals surface area contributed by atoms with Crippen LogP contribution >= 0.6 is 0 Å². The van der Waals surface area contributed by atoms with Crippen LogP contribution in [0.3, 0.4) is 0 Å². The number of hydrogen-bond donors (Lipinski definition) is 0. The molecule has 0 aliphatic carbocycles. The normalized spacial score (nSPS) is 12.5. The molecule has 0 N–H and O–H groups in total. The number of hydrogen-bond acceptors (Lipinski definition) is 1. The van der Waals surface area contributed by atoms with Crippen molar-refractivity contribution in [2.75, 3.05) is 7.11 Å². The van der Waals surface area contributed by atoms with Gasteiger partial charge in [-0.2, -0.15) is 0 Å². The molecule has 0 aliphatic heterocycles. The van der Waals surface area contributed by atoms with Gasteiger partial charge in [0.2, 0.25) is 0 Å². The molecule has 1 nitrogen and oxygen atoms in total. The van der Waals surface area contributed by atoms with Crippen LogP contribution in [0.25, 0.3) is 0 Å². The van der Waals surface area contributed by atoms with Crippen LogP contribution < -0.4 is 5.46 Å². The van der Waals surface area contributed by atoms with Crippen molar-refractivity contribution in [3.8, 4) is 0 Å². The maximum absolute atomic E-state index is 5.10. The fourth-order valence-electron chi connectivity index (χ4n) is 0.903. The lowest BCUT2D eigenvalue weighted by atomic mass is 9.65. The highest BCUT2D eigenvalue weighted by Gasteiger charge is 2.02. The molecule has 0 saturated carbocycles. The molecule has 0 bridgehead atoms. The van der Waals surface area contributed by atoms with Crippen LogP contribution in [-0.4, -0.2) is 20.4 Å². The highest BCUT2D eigenvalue weighted by Crippen LogP contribution is 1.87. The molecule has 1 unspecified atom stereocenters. The summed E-state index contributed by atoms with van der Waals surface area (Å²) < 4.78 is 5.10. The van der Waals surface area contributed by atoms with Crippen molar-refractivity contribution in [2.24, 2.45) is 0 Å². The van der Waals surface area contributed by atoms with Crippen molar-refractivity contribution >= 4 is 12.7 Å². The van der Waals surface area contributed by atoms with E-state index >= 15 is 0 Å². The van der Waals surface area contributed by atoms with Gasteiger partial charge >= 0.3 is 0 Å². The van der Waals surface area contributed by atoms with E-state index in [4.69, 9.17) is 4.74 Å². The molecule has 0 aliphatic rings. The lowest BCUT2D eigenvalue weighted by Crippen LogP contribution is -2.26. The number of rotatable bonds is 3. The quantitative estimate of drug-likeness (QED) is 0.579. The monoisotopic (exact) mass is 147 g/mol. The van der Waals surface area contributed by atoms with Crippen molar-refractivity contribution in [3.05, 3.63) is 30.3 Å². The second-order valence-corrected chi connectivity index (χ2v) is 2.52. The third-order valence-electron chi connectivity index (χ3n) is 1.60. The summed E-state index contributed by atoms with van der Waals surface area (Å²) in [4.78, 5) is 0. The molecular weight excluding hydrogens is 135 g/mol. The lowest BCUT2D eigenvalue weighted by molar-refractivity contribution is 0.180. The van der Waals surface area contributed by atoms with Crippen LogP contribution in [0.1, 0.15) is 6.92 Å². The summed E-state index contributed by atoms with van der Waals surface area (Å²) in [6.07, 6.45) is 0. The van der Waals surface area contributed by atoms with E-state index in [2.05, 4.69) is 19.4 Å². The van der Waals surface area contributed by atoms with Crippen LogP contribution in [0.4, 0.5) is 0 Å². The minimum absolute atomic E-state index is 0.192. The second kappa shape index (κ2) is 4.19. The molecule has 0 heterocycles. The van der Waals surface area contributed by atoms with E-state index in [1.54, 1.807) is 7.11 Å². The van der Waals surface area contributed by atoms with Gasteiger partial charge in [0, 0.05) is 13.1 Å². The van der Waals surface area contributed by atoms with E-state index in [1.165, 1.54) is 5.46 Å². The first-order chi connectivity index (χ1) is 5.33. The van der Waals surface area contributed by atoms with Crippen LogP contribution in [0, 0.1) is 0 Å². The Bertz CT molecular complexity index is 198. The Morgan fingerprint density at radius 1 is 1.27 bits per heavy atom. The molecule has 0 spiro atoms. The molecule has 2 heteroatoms. The number of ether oxygens (including phenoxy) is 1. The van der Waals surface area contributed by atoms with Gasteiger partial charge in [-0.3, -0.25) is 0 Å². The van der Waals surface area contributed by atoms with E-state index in [-0.39, 0.29) is 6.00 Å². The fourth-order valence-corrected chi connectivity index (χ4v) is 0.903. The second-order valence-electron chi connectivity index (χ2n) is 2.52. The van der Waals surface area contributed by atoms with Gasteiger partial charge in [0.05, 0.1) is 0 Å². The Hall–Kier alpha value is -0.755. The number of benzene rings is 1. The molecule has 1 atom stereocenters. The van der Waals surface area contributed by atoms with E-state index in [0.717, 1.165) is 0 Å². The molecule has 1 aromatic carbocycles. The fraction of sp³-hybridized carbons (Fsp3) is 0.333. The Balaban J connectivity index is 2.51. The van der Waals surface area contributed by atoms with Crippen molar-refractivity contribution < 1.29 is 4.74 Å². The van der Waals surface area contributed by atoms with Crippen LogP contribution in [0.5, 0.6) is 0 Å². The van der Waals surface area contributed by atoms with E-state index < -0.39 is 0 Å². The average molecular weight is 147 g/mol. The zero-order chi connectivity index (χ0) is 8.10.